The van der Waals surface area contributed by atoms with E-state index in [4.69, 9.17) is 14.7 Å². The Kier molecular flexibility index (Phi) is 4.88. The summed E-state index contributed by atoms with van der Waals surface area (Å²) in [4.78, 5) is 26.3. The van der Waals surface area contributed by atoms with E-state index in [9.17, 15) is 4.79 Å². The number of ether oxygens (including phenoxy) is 1. The summed E-state index contributed by atoms with van der Waals surface area (Å²) in [6.07, 6.45) is 9.97. The molecule has 4 rings (SSSR count). The Morgan fingerprint density at radius 2 is 1.84 bits per heavy atom. The molecule has 1 aliphatic carbocycles. The molecule has 6 heteroatoms. The molecule has 0 saturated carbocycles. The summed E-state index contributed by atoms with van der Waals surface area (Å²) in [5.41, 5.74) is 1.47. The van der Waals surface area contributed by atoms with Crippen LogP contribution in [0.25, 0.3) is 10.2 Å². The SMILES string of the molecule is COC(=O)Cc1nc(N2CCCCCC2)c2c3c(sc2n1)CCCC3. The van der Waals surface area contributed by atoms with Crippen LogP contribution in [0.2, 0.25) is 0 Å². The number of anilines is 1. The molecule has 0 radical (unpaired) electrons. The lowest BCUT2D eigenvalue weighted by Crippen LogP contribution is -2.26. The van der Waals surface area contributed by atoms with Crippen LogP contribution in [0.5, 0.6) is 0 Å². The molecule has 3 heterocycles. The van der Waals surface area contributed by atoms with Crippen LogP contribution in [0.15, 0.2) is 0 Å². The van der Waals surface area contributed by atoms with Crippen molar-refractivity contribution in [3.8, 4) is 0 Å². The molecule has 5 nitrogen and oxygen atoms in total. The number of hydrogen-bond donors (Lipinski definition) is 0. The number of nitrogens with zero attached hydrogens (tertiary/aromatic N) is 3. The average Bonchev–Trinajstić information content (AvgIpc) is 2.80. The maximum atomic E-state index is 11.7. The van der Waals surface area contributed by atoms with Crippen molar-refractivity contribution >= 4 is 33.3 Å². The van der Waals surface area contributed by atoms with E-state index < -0.39 is 0 Å². The molecule has 0 amide bonds. The van der Waals surface area contributed by atoms with E-state index in [1.54, 1.807) is 11.3 Å². The van der Waals surface area contributed by atoms with Gasteiger partial charge < -0.3 is 9.64 Å². The van der Waals surface area contributed by atoms with Crippen molar-refractivity contribution in [2.24, 2.45) is 0 Å². The lowest BCUT2D eigenvalue weighted by molar-refractivity contribution is -0.139. The standard InChI is InChI=1S/C19H25N3O2S/c1-24-16(23)12-15-20-18(22-10-6-2-3-7-11-22)17-13-8-4-5-9-14(13)25-19(17)21-15/h2-12H2,1H3. The predicted octanol–water partition coefficient (Wildman–Crippen LogP) is 3.67. The van der Waals surface area contributed by atoms with Crippen molar-refractivity contribution in [2.75, 3.05) is 25.1 Å². The molecule has 25 heavy (non-hydrogen) atoms. The Labute approximate surface area is 152 Å². The van der Waals surface area contributed by atoms with Gasteiger partial charge >= 0.3 is 5.97 Å². The number of aromatic nitrogens is 2. The number of fused-ring (bicyclic) bond motifs is 3. The first kappa shape index (κ1) is 16.8. The summed E-state index contributed by atoms with van der Waals surface area (Å²) in [6.45, 7) is 2.10. The van der Waals surface area contributed by atoms with Gasteiger partial charge in [-0.1, -0.05) is 12.8 Å². The van der Waals surface area contributed by atoms with Gasteiger partial charge in [0.05, 0.1) is 12.5 Å². The molecule has 0 atom stereocenters. The van der Waals surface area contributed by atoms with Gasteiger partial charge in [0.2, 0.25) is 0 Å². The molecular formula is C19H25N3O2S. The molecule has 1 aliphatic heterocycles. The van der Waals surface area contributed by atoms with E-state index in [1.807, 2.05) is 0 Å². The molecular weight excluding hydrogens is 334 g/mol. The Morgan fingerprint density at radius 3 is 2.60 bits per heavy atom. The van der Waals surface area contributed by atoms with E-state index in [-0.39, 0.29) is 12.4 Å². The van der Waals surface area contributed by atoms with Crippen LogP contribution in [0.1, 0.15) is 54.8 Å². The number of thiophene rings is 1. The maximum absolute atomic E-state index is 11.7. The van der Waals surface area contributed by atoms with Crippen molar-refractivity contribution in [3.63, 3.8) is 0 Å². The summed E-state index contributed by atoms with van der Waals surface area (Å²) < 4.78 is 4.82. The van der Waals surface area contributed by atoms with Crippen LogP contribution in [-0.4, -0.2) is 36.1 Å². The highest BCUT2D eigenvalue weighted by Crippen LogP contribution is 2.40. The molecule has 0 N–H and O–H groups in total. The fourth-order valence-electron chi connectivity index (χ4n) is 3.97. The normalized spacial score (nSPS) is 18.0. The van der Waals surface area contributed by atoms with Gasteiger partial charge in [-0.15, -0.1) is 11.3 Å². The fraction of sp³-hybridized carbons (Fsp3) is 0.632. The van der Waals surface area contributed by atoms with Crippen LogP contribution >= 0.6 is 11.3 Å². The topological polar surface area (TPSA) is 55.3 Å². The predicted molar refractivity (Wildman–Crippen MR) is 100 cm³/mol. The average molecular weight is 359 g/mol. The Morgan fingerprint density at radius 1 is 1.08 bits per heavy atom. The summed E-state index contributed by atoms with van der Waals surface area (Å²) in [6, 6.07) is 0. The lowest BCUT2D eigenvalue weighted by Gasteiger charge is -2.23. The second-order valence-corrected chi connectivity index (χ2v) is 8.09. The van der Waals surface area contributed by atoms with Crippen molar-refractivity contribution in [1.29, 1.82) is 0 Å². The Balaban J connectivity index is 1.83. The second-order valence-electron chi connectivity index (χ2n) is 7.01. The third kappa shape index (κ3) is 3.36. The summed E-state index contributed by atoms with van der Waals surface area (Å²) >= 11 is 1.80. The molecule has 1 saturated heterocycles. The van der Waals surface area contributed by atoms with Crippen molar-refractivity contribution < 1.29 is 9.53 Å². The highest BCUT2D eigenvalue weighted by atomic mass is 32.1. The Bertz CT molecular complexity index is 779. The first-order chi connectivity index (χ1) is 12.3. The molecule has 2 aromatic rings. The van der Waals surface area contributed by atoms with E-state index >= 15 is 0 Å². The zero-order valence-corrected chi connectivity index (χ0v) is 15.7. The van der Waals surface area contributed by atoms with Gasteiger partial charge in [-0.3, -0.25) is 4.79 Å². The Hall–Kier alpha value is -1.69. The number of methoxy groups -OCH3 is 1. The van der Waals surface area contributed by atoms with Crippen molar-refractivity contribution in [3.05, 3.63) is 16.3 Å². The van der Waals surface area contributed by atoms with Gasteiger partial charge in [0.15, 0.2) is 0 Å². The zero-order chi connectivity index (χ0) is 17.2. The van der Waals surface area contributed by atoms with Gasteiger partial charge in [-0.2, -0.15) is 0 Å². The minimum Gasteiger partial charge on any atom is -0.469 e. The molecule has 1 fully saturated rings. The first-order valence-electron chi connectivity index (χ1n) is 9.39. The van der Waals surface area contributed by atoms with Crippen LogP contribution in [0, 0.1) is 0 Å². The highest BCUT2D eigenvalue weighted by molar-refractivity contribution is 7.19. The van der Waals surface area contributed by atoms with Crippen LogP contribution in [0.3, 0.4) is 0 Å². The zero-order valence-electron chi connectivity index (χ0n) is 14.8. The van der Waals surface area contributed by atoms with Gasteiger partial charge in [0.1, 0.15) is 22.9 Å². The quantitative estimate of drug-likeness (QED) is 0.783. The van der Waals surface area contributed by atoms with Crippen molar-refractivity contribution in [2.45, 2.75) is 57.8 Å². The van der Waals surface area contributed by atoms with Crippen LogP contribution in [-0.2, 0) is 28.8 Å². The number of hydrogen-bond acceptors (Lipinski definition) is 6. The minimum absolute atomic E-state index is 0.149. The van der Waals surface area contributed by atoms with Crippen LogP contribution < -0.4 is 4.90 Å². The summed E-state index contributed by atoms with van der Waals surface area (Å²) in [7, 11) is 1.42. The number of esters is 1. The summed E-state index contributed by atoms with van der Waals surface area (Å²) in [5.74, 6) is 1.38. The molecule has 2 aromatic heterocycles. The number of aryl methyl sites for hydroxylation is 2. The fourth-order valence-corrected chi connectivity index (χ4v) is 5.25. The van der Waals surface area contributed by atoms with Gasteiger partial charge in [-0.25, -0.2) is 9.97 Å². The summed E-state index contributed by atoms with van der Waals surface area (Å²) in [5, 5.41) is 1.26. The molecule has 134 valence electrons. The monoisotopic (exact) mass is 359 g/mol. The second kappa shape index (κ2) is 7.28. The van der Waals surface area contributed by atoms with Crippen LogP contribution in [0.4, 0.5) is 5.82 Å². The third-order valence-electron chi connectivity index (χ3n) is 5.28. The maximum Gasteiger partial charge on any atom is 0.313 e. The molecule has 2 aliphatic rings. The third-order valence-corrected chi connectivity index (χ3v) is 6.46. The van der Waals surface area contributed by atoms with E-state index in [0.29, 0.717) is 5.82 Å². The van der Waals surface area contributed by atoms with Gasteiger partial charge in [0, 0.05) is 18.0 Å². The highest BCUT2D eigenvalue weighted by Gasteiger charge is 2.24. The van der Waals surface area contributed by atoms with E-state index in [2.05, 4.69) is 4.90 Å². The largest absolute Gasteiger partial charge is 0.469 e. The number of carbonyl (C=O) groups is 1. The molecule has 0 aromatic carbocycles. The lowest BCUT2D eigenvalue weighted by atomic mass is 9.97. The van der Waals surface area contributed by atoms with Gasteiger partial charge in [-0.05, 0) is 44.1 Å². The molecule has 0 spiro atoms. The first-order valence-corrected chi connectivity index (χ1v) is 10.2. The number of carbonyl (C=O) groups excluding carboxylic acids is 1. The smallest absolute Gasteiger partial charge is 0.313 e. The molecule has 0 bridgehead atoms. The van der Waals surface area contributed by atoms with E-state index in [0.717, 1.165) is 36.6 Å². The van der Waals surface area contributed by atoms with Gasteiger partial charge in [0.25, 0.3) is 0 Å². The molecule has 0 unspecified atom stereocenters. The number of rotatable bonds is 3. The minimum atomic E-state index is -0.275. The van der Waals surface area contributed by atoms with Crippen molar-refractivity contribution in [1.82, 2.24) is 9.97 Å². The van der Waals surface area contributed by atoms with E-state index in [1.165, 1.54) is 61.5 Å².